The second-order valence-electron chi connectivity index (χ2n) is 4.64. The number of hydrogen-bond acceptors (Lipinski definition) is 1. The third kappa shape index (κ3) is 6.08. The molecule has 0 heterocycles. The van der Waals surface area contributed by atoms with E-state index in [1.165, 1.54) is 0 Å². The van der Waals surface area contributed by atoms with Crippen LogP contribution in [0.2, 0.25) is 0 Å². The van der Waals surface area contributed by atoms with Gasteiger partial charge in [-0.1, -0.05) is 27.7 Å². The average Bonchev–Trinajstić information content (AvgIpc) is 1.53. The highest BCUT2D eigenvalue weighted by Crippen LogP contribution is 2.28. The highest BCUT2D eigenvalue weighted by atomic mass is 16.1. The van der Waals surface area contributed by atoms with Crippen LogP contribution in [0, 0.1) is 11.3 Å². The third-order valence-electron chi connectivity index (χ3n) is 1.69. The van der Waals surface area contributed by atoms with Crippen molar-refractivity contribution in [3.8, 4) is 0 Å². The van der Waals surface area contributed by atoms with E-state index in [9.17, 15) is 4.79 Å². The lowest BCUT2D eigenvalue weighted by molar-refractivity contribution is -0.119. The van der Waals surface area contributed by atoms with E-state index >= 15 is 0 Å². The Labute approximate surface area is 70.2 Å². The lowest BCUT2D eigenvalue weighted by Crippen LogP contribution is -2.17. The predicted octanol–water partition coefficient (Wildman–Crippen LogP) is 3.04. The van der Waals surface area contributed by atoms with Gasteiger partial charge in [-0.25, -0.2) is 0 Å². The summed E-state index contributed by atoms with van der Waals surface area (Å²) < 4.78 is 0. The van der Waals surface area contributed by atoms with Gasteiger partial charge in [-0.2, -0.15) is 0 Å². The molecule has 0 aliphatic heterocycles. The van der Waals surface area contributed by atoms with Crippen LogP contribution in [0.1, 0.15) is 47.5 Å². The summed E-state index contributed by atoms with van der Waals surface area (Å²) in [5.41, 5.74) is 0.194. The van der Waals surface area contributed by atoms with Gasteiger partial charge >= 0.3 is 0 Å². The molecule has 0 aliphatic rings. The van der Waals surface area contributed by atoms with Crippen LogP contribution < -0.4 is 0 Å². The van der Waals surface area contributed by atoms with Crippen LogP contribution in [-0.2, 0) is 4.79 Å². The van der Waals surface area contributed by atoms with Gasteiger partial charge < -0.3 is 4.79 Å². The summed E-state index contributed by atoms with van der Waals surface area (Å²) in [5, 5.41) is 0. The molecule has 0 bridgehead atoms. The molecule has 0 unspecified atom stereocenters. The largest absolute Gasteiger partial charge is 0.300 e. The van der Waals surface area contributed by atoms with Crippen LogP contribution in [0.5, 0.6) is 0 Å². The summed E-state index contributed by atoms with van der Waals surface area (Å²) in [6.45, 7) is 10.4. The molecular weight excluding hydrogens is 136 g/mol. The molecule has 0 aromatic rings. The van der Waals surface area contributed by atoms with E-state index in [0.29, 0.717) is 18.1 Å². The number of hydrogen-bond donors (Lipinski definition) is 0. The Morgan fingerprint density at radius 2 is 1.82 bits per heavy atom. The predicted molar refractivity (Wildman–Crippen MR) is 48.5 cm³/mol. The first-order valence-electron chi connectivity index (χ1n) is 4.33. The van der Waals surface area contributed by atoms with Gasteiger partial charge in [0.25, 0.3) is 0 Å². The average molecular weight is 156 g/mol. The van der Waals surface area contributed by atoms with Crippen LogP contribution in [-0.4, -0.2) is 5.78 Å². The van der Waals surface area contributed by atoms with E-state index < -0.39 is 0 Å². The minimum atomic E-state index is 0.194. The van der Waals surface area contributed by atoms with Crippen molar-refractivity contribution in [1.29, 1.82) is 0 Å². The number of carbonyl (C=O) groups excluding carboxylic acids is 1. The lowest BCUT2D eigenvalue weighted by Gasteiger charge is -2.25. The van der Waals surface area contributed by atoms with Gasteiger partial charge in [0, 0.05) is 6.42 Å². The van der Waals surface area contributed by atoms with Crippen LogP contribution >= 0.6 is 0 Å². The summed E-state index contributed by atoms with van der Waals surface area (Å²) in [6.07, 6.45) is 1.84. The van der Waals surface area contributed by atoms with Crippen LogP contribution in [0.25, 0.3) is 0 Å². The zero-order valence-electron chi connectivity index (χ0n) is 8.40. The molecule has 0 saturated carbocycles. The molecule has 1 nitrogen and oxygen atoms in total. The molecule has 0 radical (unpaired) electrons. The van der Waals surface area contributed by atoms with Crippen molar-refractivity contribution < 1.29 is 4.79 Å². The van der Waals surface area contributed by atoms with Gasteiger partial charge in [0.05, 0.1) is 0 Å². The van der Waals surface area contributed by atoms with Crippen molar-refractivity contribution in [1.82, 2.24) is 0 Å². The SMILES string of the molecule is CC(=O)CC(C)(C)CC(C)C. The minimum Gasteiger partial charge on any atom is -0.300 e. The fourth-order valence-corrected chi connectivity index (χ4v) is 1.85. The molecule has 11 heavy (non-hydrogen) atoms. The molecule has 0 rings (SSSR count). The first-order valence-corrected chi connectivity index (χ1v) is 4.33. The zero-order valence-corrected chi connectivity index (χ0v) is 8.40. The van der Waals surface area contributed by atoms with Crippen LogP contribution in [0.4, 0.5) is 0 Å². The molecular formula is C10H20O. The van der Waals surface area contributed by atoms with Gasteiger partial charge in [-0.3, -0.25) is 0 Å². The summed E-state index contributed by atoms with van der Waals surface area (Å²) in [6, 6.07) is 0. The number of Topliss-reactive ketones (excluding diaryl/α,β-unsaturated/α-hetero) is 1. The molecule has 0 aromatic heterocycles. The Balaban J connectivity index is 3.89. The Hall–Kier alpha value is -0.330. The van der Waals surface area contributed by atoms with E-state index in [0.717, 1.165) is 6.42 Å². The second kappa shape index (κ2) is 3.89. The summed E-state index contributed by atoms with van der Waals surface area (Å²) in [5.74, 6) is 0.986. The van der Waals surface area contributed by atoms with Gasteiger partial charge in [-0.05, 0) is 24.7 Å². The summed E-state index contributed by atoms with van der Waals surface area (Å²) in [4.78, 5) is 10.8. The van der Waals surface area contributed by atoms with Gasteiger partial charge in [0.1, 0.15) is 5.78 Å². The maximum atomic E-state index is 10.8. The maximum absolute atomic E-state index is 10.8. The van der Waals surface area contributed by atoms with Crippen LogP contribution in [0.3, 0.4) is 0 Å². The van der Waals surface area contributed by atoms with Crippen molar-refractivity contribution >= 4 is 5.78 Å². The van der Waals surface area contributed by atoms with Crippen molar-refractivity contribution in [2.75, 3.05) is 0 Å². The van der Waals surface area contributed by atoms with E-state index in [-0.39, 0.29) is 5.41 Å². The van der Waals surface area contributed by atoms with E-state index in [1.54, 1.807) is 6.92 Å². The fraction of sp³-hybridized carbons (Fsp3) is 0.900. The van der Waals surface area contributed by atoms with Gasteiger partial charge in [-0.15, -0.1) is 0 Å². The molecule has 0 aliphatic carbocycles. The Bertz CT molecular complexity index is 134. The quantitative estimate of drug-likeness (QED) is 0.611. The van der Waals surface area contributed by atoms with Crippen LogP contribution in [0.15, 0.2) is 0 Å². The number of rotatable bonds is 4. The van der Waals surface area contributed by atoms with Gasteiger partial charge in [0.15, 0.2) is 0 Å². The maximum Gasteiger partial charge on any atom is 0.130 e. The monoisotopic (exact) mass is 156 g/mol. The fourth-order valence-electron chi connectivity index (χ4n) is 1.85. The molecule has 1 heteroatoms. The van der Waals surface area contributed by atoms with E-state index in [1.807, 2.05) is 0 Å². The van der Waals surface area contributed by atoms with Crippen molar-refractivity contribution in [2.45, 2.75) is 47.5 Å². The molecule has 0 spiro atoms. The first kappa shape index (κ1) is 10.7. The summed E-state index contributed by atoms with van der Waals surface area (Å²) in [7, 11) is 0. The Morgan fingerprint density at radius 1 is 1.36 bits per heavy atom. The molecule has 0 fully saturated rings. The lowest BCUT2D eigenvalue weighted by atomic mass is 9.80. The Kier molecular flexibility index (Phi) is 3.77. The third-order valence-corrected chi connectivity index (χ3v) is 1.69. The normalized spacial score (nSPS) is 12.2. The molecule has 0 amide bonds. The topological polar surface area (TPSA) is 17.1 Å². The van der Waals surface area contributed by atoms with E-state index in [4.69, 9.17) is 0 Å². The van der Waals surface area contributed by atoms with Crippen molar-refractivity contribution in [2.24, 2.45) is 11.3 Å². The van der Waals surface area contributed by atoms with Gasteiger partial charge in [0.2, 0.25) is 0 Å². The highest BCUT2D eigenvalue weighted by molar-refractivity contribution is 5.76. The van der Waals surface area contributed by atoms with Crippen molar-refractivity contribution in [3.05, 3.63) is 0 Å². The summed E-state index contributed by atoms with van der Waals surface area (Å²) >= 11 is 0. The number of carbonyl (C=O) groups is 1. The molecule has 0 N–H and O–H groups in total. The molecule has 0 saturated heterocycles. The minimum absolute atomic E-state index is 0.194. The number of ketones is 1. The van der Waals surface area contributed by atoms with Crippen molar-refractivity contribution in [3.63, 3.8) is 0 Å². The zero-order chi connectivity index (χ0) is 9.07. The Morgan fingerprint density at radius 3 is 2.09 bits per heavy atom. The molecule has 0 aromatic carbocycles. The first-order chi connectivity index (χ1) is 4.83. The smallest absolute Gasteiger partial charge is 0.130 e. The standard InChI is InChI=1S/C10H20O/c1-8(2)6-10(4,5)7-9(3)11/h8H,6-7H2,1-5H3. The molecule has 0 atom stereocenters. The van der Waals surface area contributed by atoms with E-state index in [2.05, 4.69) is 27.7 Å². The second-order valence-corrected chi connectivity index (χ2v) is 4.64. The highest BCUT2D eigenvalue weighted by Gasteiger charge is 2.20. The molecule has 66 valence electrons.